The molecule has 0 saturated carbocycles. The van der Waals surface area contributed by atoms with Crippen molar-refractivity contribution < 1.29 is 13.5 Å². The molecule has 1 saturated heterocycles. The molecular formula is C19H23N7O3S. The van der Waals surface area contributed by atoms with E-state index in [2.05, 4.69) is 15.2 Å². The summed E-state index contributed by atoms with van der Waals surface area (Å²) in [5.41, 5.74) is 7.78. The number of phenols is 1. The number of hydrogen-bond acceptors (Lipinski definition) is 8. The number of nitrogen functional groups attached to an aromatic ring is 1. The fourth-order valence-electron chi connectivity index (χ4n) is 3.69. The standard InChI is InChI=1S/C19H23N7O3S/c1-13-12-25(9-10-26(13)30(28,29)19-21-7-8-24(19)2)16-11-15(22-23-18(16)20)14-5-3-4-6-17(14)27/h3-8,11,13,27H,9-10,12H2,1-2H3,(H2,20,23)/t13-/m1/s1. The molecule has 0 bridgehead atoms. The largest absolute Gasteiger partial charge is 0.507 e. The second-order valence-corrected chi connectivity index (χ2v) is 9.03. The molecule has 0 aliphatic carbocycles. The average Bonchev–Trinajstić information content (AvgIpc) is 3.15. The molecule has 3 aromatic rings. The lowest BCUT2D eigenvalue weighted by molar-refractivity contribution is 0.304. The van der Waals surface area contributed by atoms with Gasteiger partial charge in [0.1, 0.15) is 5.75 Å². The van der Waals surface area contributed by atoms with Gasteiger partial charge >= 0.3 is 0 Å². The van der Waals surface area contributed by atoms with Crippen LogP contribution in [-0.4, -0.2) is 63.3 Å². The number of nitrogens with zero attached hydrogens (tertiary/aromatic N) is 6. The third-order valence-electron chi connectivity index (χ3n) is 5.20. The maximum Gasteiger partial charge on any atom is 0.277 e. The Hall–Kier alpha value is -3.18. The Labute approximate surface area is 174 Å². The number of aryl methyl sites for hydroxylation is 1. The SMILES string of the molecule is C[C@@H]1CN(c2cc(-c3ccccc3O)nnc2N)CCN1S(=O)(=O)c1nccn1C. The van der Waals surface area contributed by atoms with Crippen molar-refractivity contribution in [1.82, 2.24) is 24.1 Å². The molecule has 0 unspecified atom stereocenters. The number of phenolic OH excluding ortho intramolecular Hbond substituents is 1. The molecule has 3 heterocycles. The molecule has 0 radical (unpaired) electrons. The van der Waals surface area contributed by atoms with Gasteiger partial charge in [0.05, 0.1) is 11.4 Å². The van der Waals surface area contributed by atoms with Gasteiger partial charge in [-0.25, -0.2) is 13.4 Å². The fraction of sp³-hybridized carbons (Fsp3) is 0.316. The van der Waals surface area contributed by atoms with Gasteiger partial charge in [-0.15, -0.1) is 10.2 Å². The van der Waals surface area contributed by atoms with Crippen LogP contribution in [-0.2, 0) is 17.1 Å². The average molecular weight is 430 g/mol. The highest BCUT2D eigenvalue weighted by Crippen LogP contribution is 2.32. The normalized spacial score (nSPS) is 17.9. The van der Waals surface area contributed by atoms with Crippen molar-refractivity contribution in [3.8, 4) is 17.0 Å². The molecule has 2 aromatic heterocycles. The number of para-hydroxylation sites is 1. The quantitative estimate of drug-likeness (QED) is 0.630. The lowest BCUT2D eigenvalue weighted by atomic mass is 10.1. The van der Waals surface area contributed by atoms with E-state index in [1.54, 1.807) is 43.6 Å². The maximum absolute atomic E-state index is 13.0. The topological polar surface area (TPSA) is 130 Å². The van der Waals surface area contributed by atoms with E-state index in [0.29, 0.717) is 30.0 Å². The summed E-state index contributed by atoms with van der Waals surface area (Å²) in [7, 11) is -2.05. The summed E-state index contributed by atoms with van der Waals surface area (Å²) in [4.78, 5) is 5.99. The van der Waals surface area contributed by atoms with Gasteiger partial charge in [0, 0.05) is 50.7 Å². The van der Waals surface area contributed by atoms with Crippen molar-refractivity contribution in [2.75, 3.05) is 30.3 Å². The van der Waals surface area contributed by atoms with Gasteiger partial charge in [-0.3, -0.25) is 0 Å². The minimum atomic E-state index is -3.70. The van der Waals surface area contributed by atoms with Gasteiger partial charge in [-0.1, -0.05) is 12.1 Å². The Morgan fingerprint density at radius 2 is 1.97 bits per heavy atom. The number of anilines is 2. The van der Waals surface area contributed by atoms with E-state index in [4.69, 9.17) is 5.73 Å². The van der Waals surface area contributed by atoms with E-state index >= 15 is 0 Å². The molecular weight excluding hydrogens is 406 g/mol. The van der Waals surface area contributed by atoms with Crippen molar-refractivity contribution >= 4 is 21.5 Å². The predicted octanol–water partition coefficient (Wildman–Crippen LogP) is 1.06. The van der Waals surface area contributed by atoms with Gasteiger partial charge in [-0.2, -0.15) is 4.31 Å². The first-order valence-electron chi connectivity index (χ1n) is 9.44. The highest BCUT2D eigenvalue weighted by Gasteiger charge is 2.36. The first-order valence-corrected chi connectivity index (χ1v) is 10.9. The Morgan fingerprint density at radius 3 is 2.63 bits per heavy atom. The van der Waals surface area contributed by atoms with Crippen molar-refractivity contribution in [3.63, 3.8) is 0 Å². The Morgan fingerprint density at radius 1 is 1.20 bits per heavy atom. The molecule has 1 aliphatic heterocycles. The molecule has 10 nitrogen and oxygen atoms in total. The first-order chi connectivity index (χ1) is 14.3. The van der Waals surface area contributed by atoms with E-state index in [-0.39, 0.29) is 29.3 Å². The van der Waals surface area contributed by atoms with Crippen molar-refractivity contribution in [2.45, 2.75) is 18.1 Å². The third kappa shape index (κ3) is 3.46. The minimum absolute atomic E-state index is 0.0229. The second kappa shape index (κ2) is 7.58. The number of nitrogens with two attached hydrogens (primary N) is 1. The van der Waals surface area contributed by atoms with Crippen LogP contribution in [0.25, 0.3) is 11.3 Å². The minimum Gasteiger partial charge on any atom is -0.507 e. The molecule has 30 heavy (non-hydrogen) atoms. The van der Waals surface area contributed by atoms with Crippen LogP contribution in [0.15, 0.2) is 47.9 Å². The van der Waals surface area contributed by atoms with Gasteiger partial charge in [-0.05, 0) is 25.1 Å². The molecule has 1 aliphatic rings. The highest BCUT2D eigenvalue weighted by molar-refractivity contribution is 7.89. The van der Waals surface area contributed by atoms with Gasteiger partial charge in [0.15, 0.2) is 5.82 Å². The summed E-state index contributed by atoms with van der Waals surface area (Å²) in [5.74, 6) is 0.351. The molecule has 1 atom stereocenters. The molecule has 0 amide bonds. The van der Waals surface area contributed by atoms with Crippen LogP contribution >= 0.6 is 0 Å². The number of sulfonamides is 1. The predicted molar refractivity (Wildman–Crippen MR) is 112 cm³/mol. The van der Waals surface area contributed by atoms with Crippen LogP contribution in [0.5, 0.6) is 5.75 Å². The number of benzene rings is 1. The van der Waals surface area contributed by atoms with E-state index in [1.165, 1.54) is 15.1 Å². The number of aromatic hydroxyl groups is 1. The number of imidazole rings is 1. The van der Waals surface area contributed by atoms with Crippen LogP contribution < -0.4 is 10.6 Å². The molecule has 1 aromatic carbocycles. The summed E-state index contributed by atoms with van der Waals surface area (Å²) < 4.78 is 29.0. The van der Waals surface area contributed by atoms with E-state index < -0.39 is 10.0 Å². The zero-order chi connectivity index (χ0) is 21.5. The van der Waals surface area contributed by atoms with Crippen LogP contribution in [0, 0.1) is 0 Å². The van der Waals surface area contributed by atoms with Crippen LogP contribution in [0.4, 0.5) is 11.5 Å². The number of hydrogen-bond donors (Lipinski definition) is 2. The Bertz CT molecular complexity index is 1180. The summed E-state index contributed by atoms with van der Waals surface area (Å²) in [6, 6.07) is 8.33. The maximum atomic E-state index is 13.0. The smallest absolute Gasteiger partial charge is 0.277 e. The van der Waals surface area contributed by atoms with E-state index in [9.17, 15) is 13.5 Å². The van der Waals surface area contributed by atoms with Crippen molar-refractivity contribution in [2.24, 2.45) is 7.05 Å². The van der Waals surface area contributed by atoms with E-state index in [0.717, 1.165) is 0 Å². The monoisotopic (exact) mass is 429 g/mol. The fourth-order valence-corrected chi connectivity index (χ4v) is 5.38. The van der Waals surface area contributed by atoms with Gasteiger partial charge in [0.25, 0.3) is 10.0 Å². The van der Waals surface area contributed by atoms with Gasteiger partial charge < -0.3 is 20.3 Å². The summed E-state index contributed by atoms with van der Waals surface area (Å²) in [6.45, 7) is 3.00. The zero-order valence-electron chi connectivity index (χ0n) is 16.7. The van der Waals surface area contributed by atoms with Crippen molar-refractivity contribution in [3.05, 3.63) is 42.7 Å². The summed E-state index contributed by atoms with van der Waals surface area (Å²) >= 11 is 0. The zero-order valence-corrected chi connectivity index (χ0v) is 17.5. The number of aromatic nitrogens is 4. The summed E-state index contributed by atoms with van der Waals surface area (Å²) in [6.07, 6.45) is 3.08. The van der Waals surface area contributed by atoms with Gasteiger partial charge in [0.2, 0.25) is 5.16 Å². The number of piperazine rings is 1. The lowest BCUT2D eigenvalue weighted by Gasteiger charge is -2.39. The molecule has 158 valence electrons. The Kier molecular flexibility index (Phi) is 5.08. The number of rotatable bonds is 4. The molecule has 4 rings (SSSR count). The molecule has 3 N–H and O–H groups in total. The molecule has 1 fully saturated rings. The highest BCUT2D eigenvalue weighted by atomic mass is 32.2. The second-order valence-electron chi connectivity index (χ2n) is 7.25. The first kappa shape index (κ1) is 20.1. The van der Waals surface area contributed by atoms with Crippen LogP contribution in [0.3, 0.4) is 0 Å². The summed E-state index contributed by atoms with van der Waals surface area (Å²) in [5, 5.41) is 18.3. The lowest BCUT2D eigenvalue weighted by Crippen LogP contribution is -2.54. The van der Waals surface area contributed by atoms with E-state index in [1.807, 2.05) is 11.8 Å². The third-order valence-corrected chi connectivity index (χ3v) is 7.22. The van der Waals surface area contributed by atoms with Crippen molar-refractivity contribution in [1.29, 1.82) is 0 Å². The van der Waals surface area contributed by atoms with Crippen LogP contribution in [0.1, 0.15) is 6.92 Å². The Balaban J connectivity index is 1.60. The van der Waals surface area contributed by atoms with Crippen LogP contribution in [0.2, 0.25) is 0 Å². The molecule has 0 spiro atoms. The molecule has 11 heteroatoms.